The molecule has 1 N–H and O–H groups in total. The van der Waals surface area contributed by atoms with E-state index in [1.54, 1.807) is 6.26 Å². The van der Waals surface area contributed by atoms with Gasteiger partial charge in [-0.1, -0.05) is 0 Å². The molecule has 3 rings (SSSR count). The Morgan fingerprint density at radius 3 is 2.76 bits per heavy atom. The molecule has 1 fully saturated rings. The fourth-order valence-corrected chi connectivity index (χ4v) is 2.60. The quantitative estimate of drug-likeness (QED) is 0.935. The van der Waals surface area contributed by atoms with Crippen molar-refractivity contribution < 1.29 is 4.42 Å². The van der Waals surface area contributed by atoms with Gasteiger partial charge in [-0.2, -0.15) is 15.0 Å². The van der Waals surface area contributed by atoms with Gasteiger partial charge in [-0.3, -0.25) is 0 Å². The van der Waals surface area contributed by atoms with E-state index >= 15 is 0 Å². The summed E-state index contributed by atoms with van der Waals surface area (Å²) in [6.07, 6.45) is 5.23. The summed E-state index contributed by atoms with van der Waals surface area (Å²) >= 11 is 6.03. The maximum atomic E-state index is 6.03. The van der Waals surface area contributed by atoms with Crippen LogP contribution < -0.4 is 10.2 Å². The lowest BCUT2D eigenvalue weighted by atomic mass is 10.1. The fraction of sp³-hybridized carbons (Fsp3) is 0.500. The Hall–Kier alpha value is -1.82. The second-order valence-corrected chi connectivity index (χ2v) is 5.50. The van der Waals surface area contributed by atoms with Crippen molar-refractivity contribution >= 4 is 23.5 Å². The Kier molecular flexibility index (Phi) is 4.24. The fourth-order valence-electron chi connectivity index (χ4n) is 2.44. The van der Waals surface area contributed by atoms with Crippen LogP contribution in [0.15, 0.2) is 22.8 Å². The molecule has 1 saturated heterocycles. The van der Waals surface area contributed by atoms with Crippen molar-refractivity contribution in [3.63, 3.8) is 0 Å². The molecule has 6 nitrogen and oxygen atoms in total. The lowest BCUT2D eigenvalue weighted by Crippen LogP contribution is -2.31. The lowest BCUT2D eigenvalue weighted by molar-refractivity contribution is 0.489. The minimum Gasteiger partial charge on any atom is -0.467 e. The molecule has 0 amide bonds. The van der Waals surface area contributed by atoms with Crippen LogP contribution >= 0.6 is 11.6 Å². The third-order valence-electron chi connectivity index (χ3n) is 3.55. The average molecular weight is 308 g/mol. The van der Waals surface area contributed by atoms with Gasteiger partial charge in [0, 0.05) is 13.1 Å². The minimum absolute atomic E-state index is 0.0346. The average Bonchev–Trinajstić information content (AvgIpc) is 3.02. The van der Waals surface area contributed by atoms with Crippen LogP contribution in [0.4, 0.5) is 11.9 Å². The number of halogens is 1. The molecule has 0 spiro atoms. The van der Waals surface area contributed by atoms with Crippen molar-refractivity contribution in [1.82, 2.24) is 15.0 Å². The van der Waals surface area contributed by atoms with Crippen molar-refractivity contribution in [2.75, 3.05) is 23.3 Å². The second-order valence-electron chi connectivity index (χ2n) is 5.16. The molecular weight excluding hydrogens is 290 g/mol. The zero-order chi connectivity index (χ0) is 14.7. The van der Waals surface area contributed by atoms with Crippen molar-refractivity contribution in [3.05, 3.63) is 29.4 Å². The lowest BCUT2D eigenvalue weighted by Gasteiger charge is -2.26. The van der Waals surface area contributed by atoms with E-state index in [-0.39, 0.29) is 11.3 Å². The van der Waals surface area contributed by atoms with Gasteiger partial charge in [0.15, 0.2) is 0 Å². The number of furan rings is 1. The molecule has 0 aliphatic carbocycles. The van der Waals surface area contributed by atoms with Crippen LogP contribution in [-0.4, -0.2) is 28.0 Å². The monoisotopic (exact) mass is 307 g/mol. The van der Waals surface area contributed by atoms with Gasteiger partial charge >= 0.3 is 0 Å². The summed E-state index contributed by atoms with van der Waals surface area (Å²) in [7, 11) is 0. The molecule has 0 saturated carbocycles. The molecule has 2 aromatic rings. The Bertz CT molecular complexity index is 583. The summed E-state index contributed by atoms with van der Waals surface area (Å²) in [4.78, 5) is 15.0. The minimum atomic E-state index is -0.0346. The summed E-state index contributed by atoms with van der Waals surface area (Å²) in [6, 6.07) is 3.73. The van der Waals surface area contributed by atoms with Crippen LogP contribution in [0, 0.1) is 0 Å². The van der Waals surface area contributed by atoms with Crippen molar-refractivity contribution in [1.29, 1.82) is 0 Å². The first kappa shape index (κ1) is 14.1. The number of nitrogens with zero attached hydrogens (tertiary/aromatic N) is 4. The van der Waals surface area contributed by atoms with Gasteiger partial charge in [-0.05, 0) is 49.9 Å². The number of piperidine rings is 1. The standard InChI is InChI=1S/C14H18ClN5O/c1-10(11-6-5-9-21-11)16-13-17-12(15)18-14(19-13)20-7-3-2-4-8-20/h5-6,9-10H,2-4,7-8H2,1H3,(H,16,17,18,19). The number of rotatable bonds is 4. The molecule has 0 bridgehead atoms. The number of anilines is 2. The normalized spacial score (nSPS) is 16.8. The molecule has 0 radical (unpaired) electrons. The van der Waals surface area contributed by atoms with Crippen LogP contribution in [0.5, 0.6) is 0 Å². The highest BCUT2D eigenvalue weighted by atomic mass is 35.5. The van der Waals surface area contributed by atoms with Gasteiger partial charge in [-0.15, -0.1) is 0 Å². The van der Waals surface area contributed by atoms with Crippen molar-refractivity contribution in [3.8, 4) is 0 Å². The van der Waals surface area contributed by atoms with Crippen LogP contribution in [0.25, 0.3) is 0 Å². The molecule has 1 atom stereocenters. The molecule has 1 aliphatic rings. The Balaban J connectivity index is 1.77. The molecule has 7 heteroatoms. The highest BCUT2D eigenvalue weighted by molar-refractivity contribution is 6.28. The highest BCUT2D eigenvalue weighted by Gasteiger charge is 2.17. The first-order valence-electron chi connectivity index (χ1n) is 7.19. The SMILES string of the molecule is CC(Nc1nc(Cl)nc(N2CCCCC2)n1)c1ccco1. The first-order valence-corrected chi connectivity index (χ1v) is 7.56. The summed E-state index contributed by atoms with van der Waals surface area (Å²) in [5.74, 6) is 1.94. The van der Waals surface area contributed by atoms with E-state index in [2.05, 4.69) is 25.2 Å². The van der Waals surface area contributed by atoms with Crippen LogP contribution in [0.1, 0.15) is 38.0 Å². The Labute approximate surface area is 128 Å². The van der Waals surface area contributed by atoms with E-state index in [4.69, 9.17) is 16.0 Å². The van der Waals surface area contributed by atoms with Crippen LogP contribution in [0.3, 0.4) is 0 Å². The van der Waals surface area contributed by atoms with E-state index in [0.29, 0.717) is 11.9 Å². The van der Waals surface area contributed by atoms with E-state index in [1.165, 1.54) is 6.42 Å². The number of aromatic nitrogens is 3. The first-order chi connectivity index (χ1) is 10.2. The number of nitrogens with one attached hydrogen (secondary N) is 1. The molecule has 0 aromatic carbocycles. The molecular formula is C14H18ClN5O. The maximum absolute atomic E-state index is 6.03. The van der Waals surface area contributed by atoms with Gasteiger partial charge in [0.25, 0.3) is 0 Å². The van der Waals surface area contributed by atoms with Crippen molar-refractivity contribution in [2.45, 2.75) is 32.2 Å². The largest absolute Gasteiger partial charge is 0.467 e. The Morgan fingerprint density at radius 2 is 2.05 bits per heavy atom. The summed E-state index contributed by atoms with van der Waals surface area (Å²) in [5, 5.41) is 3.41. The van der Waals surface area contributed by atoms with Crippen LogP contribution in [-0.2, 0) is 0 Å². The van der Waals surface area contributed by atoms with Gasteiger partial charge in [0.1, 0.15) is 5.76 Å². The van der Waals surface area contributed by atoms with Gasteiger partial charge < -0.3 is 14.6 Å². The molecule has 3 heterocycles. The molecule has 2 aromatic heterocycles. The van der Waals surface area contributed by atoms with Gasteiger partial charge in [0.2, 0.25) is 17.2 Å². The zero-order valence-electron chi connectivity index (χ0n) is 11.9. The predicted molar refractivity (Wildman–Crippen MR) is 81.6 cm³/mol. The summed E-state index contributed by atoms with van der Waals surface area (Å²) < 4.78 is 5.37. The van der Waals surface area contributed by atoms with E-state index in [1.807, 2.05) is 19.1 Å². The van der Waals surface area contributed by atoms with Gasteiger partial charge in [0.05, 0.1) is 12.3 Å². The topological polar surface area (TPSA) is 67.1 Å². The number of hydrogen-bond acceptors (Lipinski definition) is 6. The third-order valence-corrected chi connectivity index (χ3v) is 3.72. The highest BCUT2D eigenvalue weighted by Crippen LogP contribution is 2.21. The molecule has 1 aliphatic heterocycles. The molecule has 112 valence electrons. The molecule has 21 heavy (non-hydrogen) atoms. The summed E-state index contributed by atoms with van der Waals surface area (Å²) in [6.45, 7) is 3.91. The molecule has 1 unspecified atom stereocenters. The van der Waals surface area contributed by atoms with E-state index in [0.717, 1.165) is 31.7 Å². The summed E-state index contributed by atoms with van der Waals surface area (Å²) in [5.41, 5.74) is 0. The van der Waals surface area contributed by atoms with E-state index in [9.17, 15) is 0 Å². The number of hydrogen-bond donors (Lipinski definition) is 1. The van der Waals surface area contributed by atoms with Crippen LogP contribution in [0.2, 0.25) is 5.28 Å². The van der Waals surface area contributed by atoms with E-state index < -0.39 is 0 Å². The van der Waals surface area contributed by atoms with Crippen molar-refractivity contribution in [2.24, 2.45) is 0 Å². The maximum Gasteiger partial charge on any atom is 0.231 e. The third kappa shape index (κ3) is 3.44. The second kappa shape index (κ2) is 6.30. The smallest absolute Gasteiger partial charge is 0.231 e. The zero-order valence-corrected chi connectivity index (χ0v) is 12.7. The predicted octanol–water partition coefficient (Wildman–Crippen LogP) is 3.28. The van der Waals surface area contributed by atoms with Gasteiger partial charge in [-0.25, -0.2) is 0 Å². The Morgan fingerprint density at radius 1 is 1.24 bits per heavy atom.